The van der Waals surface area contributed by atoms with Gasteiger partial charge in [0, 0.05) is 17.9 Å². The fraction of sp³-hybridized carbons (Fsp3) is 0.368. The lowest BCUT2D eigenvalue weighted by atomic mass is 10.1. The van der Waals surface area contributed by atoms with Crippen LogP contribution in [-0.4, -0.2) is 52.9 Å². The number of nitrogens with one attached hydrogen (secondary N) is 1. The Labute approximate surface area is 164 Å². The topological polar surface area (TPSA) is 94.2 Å². The molecule has 9 heteroatoms. The molecule has 0 saturated carbocycles. The minimum absolute atomic E-state index is 0.0368. The number of hydrogen-bond acceptors (Lipinski definition) is 6. The van der Waals surface area contributed by atoms with Gasteiger partial charge in [-0.3, -0.25) is 10.1 Å². The van der Waals surface area contributed by atoms with Gasteiger partial charge in [-0.2, -0.15) is 0 Å². The minimum atomic E-state index is -3.49. The first-order valence-electron chi connectivity index (χ1n) is 8.98. The molecule has 0 atom stereocenters. The van der Waals surface area contributed by atoms with E-state index < -0.39 is 14.8 Å². The summed E-state index contributed by atoms with van der Waals surface area (Å²) in [4.78, 5) is 14.3. The molecule has 8 nitrogen and oxygen atoms in total. The van der Waals surface area contributed by atoms with Crippen molar-refractivity contribution in [3.63, 3.8) is 0 Å². The standard InChI is InChI=1S/C19H23N3O5S/c1-27-16-5-3-4-15(12-16)14-20-8-10-21(11-9-20)18-7-6-17(28(2,25)26)13-19(18)22(23)24/h3-7,12-13H,8-11,14H2,1-2H3/p+1. The number of sulfone groups is 1. The highest BCUT2D eigenvalue weighted by Gasteiger charge is 2.27. The van der Waals surface area contributed by atoms with Crippen LogP contribution in [0.5, 0.6) is 5.75 Å². The van der Waals surface area contributed by atoms with Crippen LogP contribution in [0.25, 0.3) is 0 Å². The molecule has 0 aliphatic carbocycles. The number of rotatable bonds is 6. The Morgan fingerprint density at radius 2 is 1.89 bits per heavy atom. The van der Waals surface area contributed by atoms with Crippen LogP contribution in [0.4, 0.5) is 11.4 Å². The lowest BCUT2D eigenvalue weighted by Gasteiger charge is -2.33. The average molecular weight is 406 g/mol. The summed E-state index contributed by atoms with van der Waals surface area (Å²) in [5, 5.41) is 11.5. The Morgan fingerprint density at radius 1 is 1.18 bits per heavy atom. The summed E-state index contributed by atoms with van der Waals surface area (Å²) in [6.07, 6.45) is 1.05. The van der Waals surface area contributed by atoms with Gasteiger partial charge in [-0.1, -0.05) is 12.1 Å². The van der Waals surface area contributed by atoms with Crippen LogP contribution in [0.15, 0.2) is 47.4 Å². The predicted octanol–water partition coefficient (Wildman–Crippen LogP) is 0.912. The third-order valence-corrected chi connectivity index (χ3v) is 6.08. The number of nitro groups is 1. The molecule has 0 bridgehead atoms. The third-order valence-electron chi connectivity index (χ3n) is 4.97. The molecule has 150 valence electrons. The molecule has 1 aliphatic rings. The summed E-state index contributed by atoms with van der Waals surface area (Å²) in [5.41, 5.74) is 1.49. The number of hydrogen-bond donors (Lipinski definition) is 1. The van der Waals surface area contributed by atoms with E-state index in [0.29, 0.717) is 18.8 Å². The normalized spacial score (nSPS) is 15.4. The third kappa shape index (κ3) is 4.60. The van der Waals surface area contributed by atoms with Crippen LogP contribution in [-0.2, 0) is 16.4 Å². The quantitative estimate of drug-likeness (QED) is 0.566. The molecular weight excluding hydrogens is 382 g/mol. The Balaban J connectivity index is 1.71. The van der Waals surface area contributed by atoms with Gasteiger partial charge in [-0.15, -0.1) is 0 Å². The van der Waals surface area contributed by atoms with E-state index in [-0.39, 0.29) is 10.6 Å². The number of quaternary nitrogens is 1. The fourth-order valence-electron chi connectivity index (χ4n) is 3.46. The van der Waals surface area contributed by atoms with E-state index in [2.05, 4.69) is 6.07 Å². The Kier molecular flexibility index (Phi) is 5.85. The summed E-state index contributed by atoms with van der Waals surface area (Å²) in [6.45, 7) is 3.86. The molecule has 28 heavy (non-hydrogen) atoms. The minimum Gasteiger partial charge on any atom is -0.497 e. The van der Waals surface area contributed by atoms with Gasteiger partial charge in [0.15, 0.2) is 9.84 Å². The van der Waals surface area contributed by atoms with Crippen molar-refractivity contribution >= 4 is 21.2 Å². The summed E-state index contributed by atoms with van der Waals surface area (Å²) >= 11 is 0. The molecular formula is C19H24N3O5S+. The van der Waals surface area contributed by atoms with Crippen molar-refractivity contribution in [3.05, 3.63) is 58.1 Å². The molecule has 1 saturated heterocycles. The van der Waals surface area contributed by atoms with Crippen molar-refractivity contribution in [2.75, 3.05) is 44.4 Å². The number of anilines is 1. The van der Waals surface area contributed by atoms with E-state index in [9.17, 15) is 18.5 Å². The van der Waals surface area contributed by atoms with Gasteiger partial charge in [0.1, 0.15) is 18.0 Å². The number of methoxy groups -OCH3 is 1. The molecule has 2 aromatic carbocycles. The molecule has 1 N–H and O–H groups in total. The van der Waals surface area contributed by atoms with Crippen molar-refractivity contribution < 1.29 is 23.0 Å². The second-order valence-corrected chi connectivity index (χ2v) is 8.96. The van der Waals surface area contributed by atoms with Gasteiger partial charge in [0.2, 0.25) is 0 Å². The Hall–Kier alpha value is -2.65. The van der Waals surface area contributed by atoms with Gasteiger partial charge in [-0.25, -0.2) is 8.42 Å². The SMILES string of the molecule is COc1cccc(C[NH+]2CCN(c3ccc(S(C)(=O)=O)cc3[N+](=O)[O-])CC2)c1. The summed E-state index contributed by atoms with van der Waals surface area (Å²) in [6, 6.07) is 12.1. The molecule has 0 spiro atoms. The smallest absolute Gasteiger partial charge is 0.293 e. The molecule has 0 amide bonds. The van der Waals surface area contributed by atoms with E-state index in [1.807, 2.05) is 23.1 Å². The van der Waals surface area contributed by atoms with Crippen molar-refractivity contribution in [1.29, 1.82) is 0 Å². The van der Waals surface area contributed by atoms with Crippen LogP contribution in [0.1, 0.15) is 5.56 Å². The Bertz CT molecular complexity index is 969. The lowest BCUT2D eigenvalue weighted by Crippen LogP contribution is -3.13. The summed E-state index contributed by atoms with van der Waals surface area (Å²) in [5.74, 6) is 0.831. The van der Waals surface area contributed by atoms with Crippen LogP contribution >= 0.6 is 0 Å². The van der Waals surface area contributed by atoms with Crippen molar-refractivity contribution in [2.45, 2.75) is 11.4 Å². The van der Waals surface area contributed by atoms with Crippen LogP contribution < -0.4 is 14.5 Å². The highest BCUT2D eigenvalue weighted by Crippen LogP contribution is 2.30. The Morgan fingerprint density at radius 3 is 2.50 bits per heavy atom. The first-order valence-corrected chi connectivity index (χ1v) is 10.9. The highest BCUT2D eigenvalue weighted by molar-refractivity contribution is 7.90. The zero-order chi connectivity index (χ0) is 20.3. The van der Waals surface area contributed by atoms with E-state index in [1.165, 1.54) is 16.5 Å². The van der Waals surface area contributed by atoms with Gasteiger partial charge in [0.05, 0.1) is 43.1 Å². The van der Waals surface area contributed by atoms with Crippen molar-refractivity contribution in [1.82, 2.24) is 0 Å². The first-order chi connectivity index (χ1) is 13.3. The molecule has 1 fully saturated rings. The molecule has 3 rings (SSSR count). The summed E-state index contributed by atoms with van der Waals surface area (Å²) < 4.78 is 28.7. The van der Waals surface area contributed by atoms with Gasteiger partial charge in [-0.05, 0) is 24.3 Å². The molecule has 1 heterocycles. The predicted molar refractivity (Wildman–Crippen MR) is 106 cm³/mol. The fourth-order valence-corrected chi connectivity index (χ4v) is 4.10. The lowest BCUT2D eigenvalue weighted by molar-refractivity contribution is -0.914. The van der Waals surface area contributed by atoms with Crippen molar-refractivity contribution in [3.8, 4) is 5.75 Å². The van der Waals surface area contributed by atoms with Gasteiger partial charge < -0.3 is 14.5 Å². The number of piperazine rings is 1. The van der Waals surface area contributed by atoms with Gasteiger partial charge >= 0.3 is 0 Å². The number of ether oxygens (including phenoxy) is 1. The number of nitro benzene ring substituents is 1. The maximum atomic E-state index is 11.7. The van der Waals surface area contributed by atoms with Crippen molar-refractivity contribution in [2.24, 2.45) is 0 Å². The summed E-state index contributed by atoms with van der Waals surface area (Å²) in [7, 11) is -1.85. The average Bonchev–Trinajstić information content (AvgIpc) is 2.67. The zero-order valence-electron chi connectivity index (χ0n) is 15.9. The van der Waals surface area contributed by atoms with E-state index in [4.69, 9.17) is 4.74 Å². The van der Waals surface area contributed by atoms with Crippen LogP contribution in [0, 0.1) is 10.1 Å². The maximum Gasteiger partial charge on any atom is 0.293 e. The zero-order valence-corrected chi connectivity index (χ0v) is 16.7. The van der Waals surface area contributed by atoms with Crippen LogP contribution in [0.3, 0.4) is 0 Å². The van der Waals surface area contributed by atoms with E-state index in [1.54, 1.807) is 13.2 Å². The number of benzene rings is 2. The molecule has 1 aliphatic heterocycles. The highest BCUT2D eigenvalue weighted by atomic mass is 32.2. The molecule has 2 aromatic rings. The molecule has 0 radical (unpaired) electrons. The molecule has 0 aromatic heterocycles. The second-order valence-electron chi connectivity index (χ2n) is 6.95. The maximum absolute atomic E-state index is 11.7. The molecule has 0 unspecified atom stereocenters. The first kappa shape index (κ1) is 20.1. The monoisotopic (exact) mass is 406 g/mol. The largest absolute Gasteiger partial charge is 0.497 e. The van der Waals surface area contributed by atoms with Crippen LogP contribution in [0.2, 0.25) is 0 Å². The number of nitrogens with zero attached hydrogens (tertiary/aromatic N) is 2. The van der Waals surface area contributed by atoms with E-state index >= 15 is 0 Å². The van der Waals surface area contributed by atoms with E-state index in [0.717, 1.165) is 37.7 Å². The second kappa shape index (κ2) is 8.15. The van der Waals surface area contributed by atoms with Gasteiger partial charge in [0.25, 0.3) is 5.69 Å².